The molecule has 0 saturated carbocycles. The maximum atomic E-state index is 12.4. The van der Waals surface area contributed by atoms with E-state index in [-0.39, 0.29) is 24.2 Å². The number of rotatable bonds is 4. The van der Waals surface area contributed by atoms with Crippen LogP contribution in [0.15, 0.2) is 60.2 Å². The van der Waals surface area contributed by atoms with E-state index in [0.29, 0.717) is 21.9 Å². The lowest BCUT2D eigenvalue weighted by Crippen LogP contribution is -2.38. The van der Waals surface area contributed by atoms with Crippen molar-refractivity contribution in [3.05, 3.63) is 76.3 Å². The van der Waals surface area contributed by atoms with Gasteiger partial charge in [0.2, 0.25) is 0 Å². The molecule has 0 radical (unpaired) electrons. The van der Waals surface area contributed by atoms with E-state index in [2.05, 4.69) is 0 Å². The quantitative estimate of drug-likeness (QED) is 0.768. The number of aromatic hydroxyl groups is 1. The van der Waals surface area contributed by atoms with Crippen molar-refractivity contribution in [2.24, 2.45) is 5.92 Å². The SMILES string of the molecule is COc1ccc(Cl)cc1C1(c2ccc(N(C)C)cc2O)C=CC=C2C(=O)OCC21. The topological polar surface area (TPSA) is 59.0 Å². The Bertz CT molecular complexity index is 1040. The van der Waals surface area contributed by atoms with E-state index in [1.54, 1.807) is 31.4 Å². The molecule has 1 saturated heterocycles. The van der Waals surface area contributed by atoms with Crippen molar-refractivity contribution in [1.82, 2.24) is 0 Å². The number of halogens is 1. The van der Waals surface area contributed by atoms with Gasteiger partial charge in [0.15, 0.2) is 0 Å². The number of carbonyl (C=O) groups is 1. The van der Waals surface area contributed by atoms with Crippen molar-refractivity contribution < 1.29 is 19.4 Å². The molecule has 5 nitrogen and oxygen atoms in total. The summed E-state index contributed by atoms with van der Waals surface area (Å²) in [6.07, 6.45) is 5.60. The van der Waals surface area contributed by atoms with Crippen LogP contribution in [-0.2, 0) is 14.9 Å². The summed E-state index contributed by atoms with van der Waals surface area (Å²) >= 11 is 6.36. The highest BCUT2D eigenvalue weighted by Crippen LogP contribution is 2.53. The summed E-state index contributed by atoms with van der Waals surface area (Å²) in [6.45, 7) is 0.208. The molecule has 1 fully saturated rings. The number of esters is 1. The molecule has 0 bridgehead atoms. The fourth-order valence-electron chi connectivity index (χ4n) is 4.31. The maximum absolute atomic E-state index is 12.4. The first-order valence-corrected chi connectivity index (χ1v) is 9.67. The second-order valence-electron chi connectivity index (χ2n) is 7.44. The van der Waals surface area contributed by atoms with Crippen LogP contribution in [-0.4, -0.2) is 38.9 Å². The highest BCUT2D eigenvalue weighted by atomic mass is 35.5. The normalized spacial score (nSPS) is 22.7. The fourth-order valence-corrected chi connectivity index (χ4v) is 4.48. The first-order chi connectivity index (χ1) is 13.9. The smallest absolute Gasteiger partial charge is 0.334 e. The number of fused-ring (bicyclic) bond motifs is 1. The van der Waals surface area contributed by atoms with Crippen molar-refractivity contribution in [1.29, 1.82) is 0 Å². The van der Waals surface area contributed by atoms with Crippen LogP contribution in [0.5, 0.6) is 11.5 Å². The number of ether oxygens (including phenoxy) is 2. The minimum Gasteiger partial charge on any atom is -0.508 e. The molecule has 2 aliphatic rings. The lowest BCUT2D eigenvalue weighted by atomic mass is 9.62. The van der Waals surface area contributed by atoms with Crippen LogP contribution in [0.1, 0.15) is 11.1 Å². The van der Waals surface area contributed by atoms with E-state index in [1.165, 1.54) is 0 Å². The molecule has 2 atom stereocenters. The van der Waals surface area contributed by atoms with Crippen molar-refractivity contribution in [2.45, 2.75) is 5.41 Å². The van der Waals surface area contributed by atoms with Gasteiger partial charge in [-0.2, -0.15) is 0 Å². The molecule has 29 heavy (non-hydrogen) atoms. The number of carbonyl (C=O) groups excluding carboxylic acids is 1. The molecule has 2 unspecified atom stereocenters. The third-order valence-corrected chi connectivity index (χ3v) is 5.96. The Kier molecular flexibility index (Phi) is 4.79. The Hall–Kier alpha value is -2.92. The highest BCUT2D eigenvalue weighted by molar-refractivity contribution is 6.30. The summed E-state index contributed by atoms with van der Waals surface area (Å²) in [4.78, 5) is 14.3. The van der Waals surface area contributed by atoms with Gasteiger partial charge in [-0.25, -0.2) is 4.79 Å². The second-order valence-corrected chi connectivity index (χ2v) is 7.88. The van der Waals surface area contributed by atoms with E-state index in [4.69, 9.17) is 21.1 Å². The molecule has 0 amide bonds. The number of nitrogens with zero attached hydrogens (tertiary/aromatic N) is 1. The first kappa shape index (κ1) is 19.4. The number of allylic oxidation sites excluding steroid dienone is 3. The predicted octanol–water partition coefficient (Wildman–Crippen LogP) is 4.08. The van der Waals surface area contributed by atoms with Crippen LogP contribution < -0.4 is 9.64 Å². The number of benzene rings is 2. The average molecular weight is 412 g/mol. The Morgan fingerprint density at radius 3 is 2.69 bits per heavy atom. The monoisotopic (exact) mass is 411 g/mol. The van der Waals surface area contributed by atoms with Gasteiger partial charge >= 0.3 is 5.97 Å². The standard InChI is InChI=1S/C23H22ClNO4/c1-25(2)15-7-8-17(20(26)12-15)23(18-11-14(24)6-9-21(18)28-3)10-4-5-16-19(23)13-29-22(16)27/h4-12,19,26H,13H2,1-3H3. The Morgan fingerprint density at radius 1 is 1.21 bits per heavy atom. The van der Waals surface area contributed by atoms with Crippen molar-refractivity contribution in [3.8, 4) is 11.5 Å². The highest BCUT2D eigenvalue weighted by Gasteiger charge is 2.51. The summed E-state index contributed by atoms with van der Waals surface area (Å²) in [5.74, 6) is 0.0943. The van der Waals surface area contributed by atoms with E-state index in [9.17, 15) is 9.90 Å². The molecular formula is C23H22ClNO4. The zero-order chi connectivity index (χ0) is 20.8. The number of phenols is 1. The zero-order valence-electron chi connectivity index (χ0n) is 16.5. The van der Waals surface area contributed by atoms with Crippen LogP contribution in [0.3, 0.4) is 0 Å². The van der Waals surface area contributed by atoms with Gasteiger partial charge < -0.3 is 19.5 Å². The third-order valence-electron chi connectivity index (χ3n) is 5.73. The van der Waals surface area contributed by atoms with Gasteiger partial charge in [0.25, 0.3) is 0 Å². The van der Waals surface area contributed by atoms with Crippen molar-refractivity contribution in [2.75, 3.05) is 32.7 Å². The molecule has 1 aliphatic heterocycles. The van der Waals surface area contributed by atoms with Crippen LogP contribution >= 0.6 is 11.6 Å². The molecule has 1 heterocycles. The van der Waals surface area contributed by atoms with E-state index in [0.717, 1.165) is 11.3 Å². The summed E-state index contributed by atoms with van der Waals surface area (Å²) in [7, 11) is 5.42. The summed E-state index contributed by atoms with van der Waals surface area (Å²) < 4.78 is 11.0. The molecule has 1 N–H and O–H groups in total. The van der Waals surface area contributed by atoms with Gasteiger partial charge in [-0.1, -0.05) is 35.9 Å². The molecule has 0 spiro atoms. The van der Waals surface area contributed by atoms with Gasteiger partial charge in [0.05, 0.1) is 12.5 Å². The average Bonchev–Trinajstić information content (AvgIpc) is 3.09. The number of methoxy groups -OCH3 is 1. The van der Waals surface area contributed by atoms with Gasteiger partial charge in [-0.15, -0.1) is 0 Å². The van der Waals surface area contributed by atoms with Crippen LogP contribution in [0.2, 0.25) is 5.02 Å². The fraction of sp³-hybridized carbons (Fsp3) is 0.261. The van der Waals surface area contributed by atoms with Gasteiger partial charge in [-0.3, -0.25) is 0 Å². The molecule has 4 rings (SSSR count). The Balaban J connectivity index is 2.03. The molecule has 6 heteroatoms. The second kappa shape index (κ2) is 7.16. The largest absolute Gasteiger partial charge is 0.508 e. The van der Waals surface area contributed by atoms with Crippen LogP contribution in [0.4, 0.5) is 5.69 Å². The number of hydrogen-bond acceptors (Lipinski definition) is 5. The van der Waals surface area contributed by atoms with Gasteiger partial charge in [-0.05, 0) is 24.3 Å². The van der Waals surface area contributed by atoms with E-state index in [1.807, 2.05) is 49.3 Å². The molecule has 2 aromatic rings. The van der Waals surface area contributed by atoms with Crippen LogP contribution in [0.25, 0.3) is 0 Å². The maximum Gasteiger partial charge on any atom is 0.334 e. The first-order valence-electron chi connectivity index (χ1n) is 9.30. The van der Waals surface area contributed by atoms with Gasteiger partial charge in [0.1, 0.15) is 18.1 Å². The summed E-state index contributed by atoms with van der Waals surface area (Å²) in [6, 6.07) is 10.9. The number of phenolic OH excluding ortho intramolecular Hbond substituents is 1. The number of hydrogen-bond donors (Lipinski definition) is 1. The minimum absolute atomic E-state index is 0.128. The minimum atomic E-state index is -0.874. The van der Waals surface area contributed by atoms with Crippen molar-refractivity contribution >= 4 is 23.3 Å². The molecule has 1 aliphatic carbocycles. The molecule has 0 aromatic heterocycles. The van der Waals surface area contributed by atoms with E-state index >= 15 is 0 Å². The molecular weight excluding hydrogens is 390 g/mol. The Morgan fingerprint density at radius 2 is 2.00 bits per heavy atom. The van der Waals surface area contributed by atoms with Crippen molar-refractivity contribution in [3.63, 3.8) is 0 Å². The summed E-state index contributed by atoms with van der Waals surface area (Å²) in [5.41, 5.74) is 2.00. The number of cyclic esters (lactones) is 1. The Labute approximate surface area is 174 Å². The predicted molar refractivity (Wildman–Crippen MR) is 113 cm³/mol. The lowest BCUT2D eigenvalue weighted by Gasteiger charge is -2.40. The molecule has 2 aromatic carbocycles. The van der Waals surface area contributed by atoms with Crippen LogP contribution in [0, 0.1) is 5.92 Å². The summed E-state index contributed by atoms with van der Waals surface area (Å²) in [5, 5.41) is 11.6. The third kappa shape index (κ3) is 2.97. The number of anilines is 1. The van der Waals surface area contributed by atoms with Gasteiger partial charge in [0, 0.05) is 53.5 Å². The molecule has 150 valence electrons. The van der Waals surface area contributed by atoms with E-state index < -0.39 is 5.41 Å². The zero-order valence-corrected chi connectivity index (χ0v) is 17.2. The lowest BCUT2D eigenvalue weighted by molar-refractivity contribution is -0.135.